The lowest BCUT2D eigenvalue weighted by atomic mass is 9.98. The summed E-state index contributed by atoms with van der Waals surface area (Å²) in [6, 6.07) is 55.7. The normalized spacial score (nSPS) is 11.9. The highest BCUT2D eigenvalue weighted by Crippen LogP contribution is 2.47. The van der Waals surface area contributed by atoms with E-state index in [0.717, 1.165) is 77.3 Å². The summed E-state index contributed by atoms with van der Waals surface area (Å²) in [5.41, 5.74) is 10.1. The molecule has 0 saturated heterocycles. The maximum Gasteiger partial charge on any atom is 0.143 e. The van der Waals surface area contributed by atoms with Crippen LogP contribution in [-0.4, -0.2) is 0 Å². The van der Waals surface area contributed by atoms with Gasteiger partial charge < -0.3 is 13.7 Å². The molecule has 0 bridgehead atoms. The summed E-state index contributed by atoms with van der Waals surface area (Å²) in [5.74, 6) is 0. The van der Waals surface area contributed by atoms with E-state index in [2.05, 4.69) is 170 Å². The van der Waals surface area contributed by atoms with Crippen molar-refractivity contribution in [3.63, 3.8) is 0 Å². The molecule has 10 rings (SSSR count). The molecule has 0 saturated carbocycles. The Morgan fingerprint density at radius 1 is 0.417 bits per heavy atom. The molecule has 0 aliphatic carbocycles. The third kappa shape index (κ3) is 3.94. The maximum absolute atomic E-state index is 6.75. The van der Waals surface area contributed by atoms with Crippen molar-refractivity contribution in [3.05, 3.63) is 163 Å². The topological polar surface area (TPSA) is 29.5 Å². The second-order valence-corrected chi connectivity index (χ2v) is 12.5. The van der Waals surface area contributed by atoms with Crippen molar-refractivity contribution < 1.29 is 8.83 Å². The Labute approximate surface area is 276 Å². The predicted octanol–water partition coefficient (Wildman–Crippen LogP) is 13.2. The predicted molar refractivity (Wildman–Crippen MR) is 201 cm³/mol. The monoisotopic (exact) mass is 615 g/mol. The number of benzene rings is 8. The molecule has 3 heteroatoms. The SMILES string of the molecule is Cc1ccccc1-c1cccc2c1oc1cc(N(c3ccccc3)c3cc4oc5ccc6ccccc6c5c4c4ccccc34)ccc12. The fourth-order valence-electron chi connectivity index (χ4n) is 7.59. The quantitative estimate of drug-likeness (QED) is 0.197. The summed E-state index contributed by atoms with van der Waals surface area (Å²) in [6.45, 7) is 2.15. The van der Waals surface area contributed by atoms with Crippen LogP contribution in [0.5, 0.6) is 0 Å². The summed E-state index contributed by atoms with van der Waals surface area (Å²) in [4.78, 5) is 2.32. The molecule has 0 amide bonds. The first-order chi connectivity index (χ1) is 23.7. The lowest BCUT2D eigenvalue weighted by Gasteiger charge is -2.27. The average Bonchev–Trinajstić information content (AvgIpc) is 3.71. The number of furan rings is 2. The molecule has 2 heterocycles. The Kier molecular flexibility index (Phi) is 5.79. The van der Waals surface area contributed by atoms with Gasteiger partial charge in [0.2, 0.25) is 0 Å². The number of hydrogen-bond acceptors (Lipinski definition) is 3. The summed E-state index contributed by atoms with van der Waals surface area (Å²) in [5, 5.41) is 9.23. The molecule has 0 radical (unpaired) electrons. The number of rotatable bonds is 4. The van der Waals surface area contributed by atoms with Crippen LogP contribution >= 0.6 is 0 Å². The fourth-order valence-corrected chi connectivity index (χ4v) is 7.59. The molecule has 0 N–H and O–H groups in total. The van der Waals surface area contributed by atoms with E-state index in [1.807, 2.05) is 0 Å². The molecule has 48 heavy (non-hydrogen) atoms. The molecule has 226 valence electrons. The van der Waals surface area contributed by atoms with Crippen molar-refractivity contribution >= 4 is 82.5 Å². The molecule has 0 aliphatic heterocycles. The second-order valence-electron chi connectivity index (χ2n) is 12.5. The minimum atomic E-state index is 0.852. The molecular weight excluding hydrogens is 587 g/mol. The lowest BCUT2D eigenvalue weighted by molar-refractivity contribution is 0.669. The van der Waals surface area contributed by atoms with Gasteiger partial charge in [0.25, 0.3) is 0 Å². The summed E-state index contributed by atoms with van der Waals surface area (Å²) in [7, 11) is 0. The third-order valence-corrected chi connectivity index (χ3v) is 9.78. The zero-order valence-corrected chi connectivity index (χ0v) is 26.3. The molecule has 2 aromatic heterocycles. The zero-order valence-electron chi connectivity index (χ0n) is 26.3. The van der Waals surface area contributed by atoms with Crippen LogP contribution < -0.4 is 4.90 Å². The first-order valence-electron chi connectivity index (χ1n) is 16.4. The van der Waals surface area contributed by atoms with E-state index in [1.165, 1.54) is 21.9 Å². The number of aryl methyl sites for hydroxylation is 1. The average molecular weight is 616 g/mol. The van der Waals surface area contributed by atoms with Gasteiger partial charge in [-0.3, -0.25) is 0 Å². The minimum absolute atomic E-state index is 0.852. The van der Waals surface area contributed by atoms with Gasteiger partial charge in [0.15, 0.2) is 0 Å². The van der Waals surface area contributed by atoms with Crippen molar-refractivity contribution in [2.75, 3.05) is 4.90 Å². The summed E-state index contributed by atoms with van der Waals surface area (Å²) >= 11 is 0. The van der Waals surface area contributed by atoms with Gasteiger partial charge in [-0.15, -0.1) is 0 Å². The largest absolute Gasteiger partial charge is 0.456 e. The van der Waals surface area contributed by atoms with E-state index in [4.69, 9.17) is 8.83 Å². The van der Waals surface area contributed by atoms with Crippen LogP contribution in [0.25, 0.3) is 76.5 Å². The smallest absolute Gasteiger partial charge is 0.143 e. The molecule has 3 nitrogen and oxygen atoms in total. The number of hydrogen-bond donors (Lipinski definition) is 0. The Morgan fingerprint density at radius 2 is 1.12 bits per heavy atom. The van der Waals surface area contributed by atoms with Gasteiger partial charge >= 0.3 is 0 Å². The minimum Gasteiger partial charge on any atom is -0.456 e. The zero-order chi connectivity index (χ0) is 31.8. The second kappa shape index (κ2) is 10.3. The highest BCUT2D eigenvalue weighted by molar-refractivity contribution is 6.28. The molecular formula is C45H29NO2. The number of anilines is 3. The van der Waals surface area contributed by atoms with Crippen LogP contribution in [0.3, 0.4) is 0 Å². The first kappa shape index (κ1) is 26.9. The number of para-hydroxylation sites is 2. The van der Waals surface area contributed by atoms with E-state index in [1.54, 1.807) is 0 Å². The molecule has 0 unspecified atom stereocenters. The van der Waals surface area contributed by atoms with Gasteiger partial charge in [-0.25, -0.2) is 0 Å². The first-order valence-corrected chi connectivity index (χ1v) is 16.4. The summed E-state index contributed by atoms with van der Waals surface area (Å²) in [6.07, 6.45) is 0. The van der Waals surface area contributed by atoms with Crippen LogP contribution in [0.2, 0.25) is 0 Å². The van der Waals surface area contributed by atoms with Crippen molar-refractivity contribution in [2.45, 2.75) is 6.92 Å². The standard InChI is InChI=1S/C45H29NO2/c1-28-12-5-7-16-32(28)37-20-11-21-38-35-24-23-31(26-41(35)48-45(37)38)46(30-14-3-2-4-15-30)39-27-42-44(36-19-10-9-18-34(36)39)43-33-17-8-6-13-29(33)22-25-40(43)47-42/h2-27H,1H3. The van der Waals surface area contributed by atoms with Crippen LogP contribution in [0.15, 0.2) is 167 Å². The number of nitrogens with zero attached hydrogens (tertiary/aromatic N) is 1. The van der Waals surface area contributed by atoms with Gasteiger partial charge in [0.1, 0.15) is 22.3 Å². The Morgan fingerprint density at radius 3 is 2.00 bits per heavy atom. The van der Waals surface area contributed by atoms with Gasteiger partial charge in [-0.05, 0) is 64.5 Å². The molecule has 10 aromatic rings. The van der Waals surface area contributed by atoms with E-state index in [0.29, 0.717) is 0 Å². The van der Waals surface area contributed by atoms with E-state index in [-0.39, 0.29) is 0 Å². The van der Waals surface area contributed by atoms with Gasteiger partial charge in [0.05, 0.1) is 5.69 Å². The molecule has 0 fully saturated rings. The molecule has 0 aliphatic rings. The third-order valence-electron chi connectivity index (χ3n) is 9.78. The van der Waals surface area contributed by atoms with Crippen LogP contribution in [0.4, 0.5) is 17.1 Å². The molecule has 0 spiro atoms. The van der Waals surface area contributed by atoms with E-state index >= 15 is 0 Å². The highest BCUT2D eigenvalue weighted by Gasteiger charge is 2.22. The van der Waals surface area contributed by atoms with Gasteiger partial charge in [-0.2, -0.15) is 0 Å². The summed E-state index contributed by atoms with van der Waals surface area (Å²) < 4.78 is 13.4. The van der Waals surface area contributed by atoms with Crippen LogP contribution in [0, 0.1) is 6.92 Å². The van der Waals surface area contributed by atoms with E-state index in [9.17, 15) is 0 Å². The van der Waals surface area contributed by atoms with Crippen LogP contribution in [-0.2, 0) is 0 Å². The lowest BCUT2D eigenvalue weighted by Crippen LogP contribution is -2.10. The van der Waals surface area contributed by atoms with Crippen molar-refractivity contribution in [1.82, 2.24) is 0 Å². The van der Waals surface area contributed by atoms with E-state index < -0.39 is 0 Å². The van der Waals surface area contributed by atoms with Crippen molar-refractivity contribution in [3.8, 4) is 11.1 Å². The fraction of sp³-hybridized carbons (Fsp3) is 0.0222. The molecule has 8 aromatic carbocycles. The van der Waals surface area contributed by atoms with Crippen molar-refractivity contribution in [1.29, 1.82) is 0 Å². The van der Waals surface area contributed by atoms with Gasteiger partial charge in [0, 0.05) is 56.0 Å². The highest BCUT2D eigenvalue weighted by atomic mass is 16.3. The Hall–Kier alpha value is -6.32. The Balaban J connectivity index is 1.24. The maximum atomic E-state index is 6.75. The Bertz CT molecular complexity index is 2860. The van der Waals surface area contributed by atoms with Crippen LogP contribution in [0.1, 0.15) is 5.56 Å². The van der Waals surface area contributed by atoms with Gasteiger partial charge in [-0.1, -0.05) is 115 Å². The number of fused-ring (bicyclic) bond motifs is 10. The van der Waals surface area contributed by atoms with Crippen molar-refractivity contribution in [2.24, 2.45) is 0 Å². The molecule has 0 atom stereocenters.